The van der Waals surface area contributed by atoms with Gasteiger partial charge in [-0.15, -0.1) is 0 Å². The zero-order chi connectivity index (χ0) is 19.7. The van der Waals surface area contributed by atoms with Crippen LogP contribution in [-0.4, -0.2) is 33.2 Å². The maximum absolute atomic E-state index is 12.3. The van der Waals surface area contributed by atoms with Gasteiger partial charge in [-0.1, -0.05) is 30.1 Å². The highest BCUT2D eigenvalue weighted by Crippen LogP contribution is 2.31. The van der Waals surface area contributed by atoms with Gasteiger partial charge in [0.25, 0.3) is 0 Å². The fraction of sp³-hybridized carbons (Fsp3) is 0.158. The van der Waals surface area contributed by atoms with Crippen molar-refractivity contribution in [1.82, 2.24) is 0 Å². The van der Waals surface area contributed by atoms with E-state index in [1.807, 2.05) is 0 Å². The fourth-order valence-electron chi connectivity index (χ4n) is 2.67. The molecule has 1 aliphatic carbocycles. The van der Waals surface area contributed by atoms with Crippen molar-refractivity contribution < 1.29 is 19.8 Å². The summed E-state index contributed by atoms with van der Waals surface area (Å²) in [4.78, 5) is 33.3. The molecule has 0 radical (unpaired) electrons. The van der Waals surface area contributed by atoms with Crippen LogP contribution in [0.5, 0.6) is 11.5 Å². The topological polar surface area (TPSA) is 99.3 Å². The van der Waals surface area contributed by atoms with Crippen LogP contribution in [0, 0.1) is 5.92 Å². The highest BCUT2D eigenvalue weighted by atomic mass is 35.5. The number of aromatic hydroxyl groups is 2. The van der Waals surface area contributed by atoms with E-state index in [1.54, 1.807) is 6.92 Å². The molecule has 2 aromatic rings. The molecule has 0 amide bonds. The molecule has 6 nitrogen and oxygen atoms in total. The van der Waals surface area contributed by atoms with Crippen molar-refractivity contribution >= 4 is 57.6 Å². The van der Waals surface area contributed by atoms with E-state index in [0.717, 1.165) is 0 Å². The molecular formula is C19H14Cl2N2O4. The summed E-state index contributed by atoms with van der Waals surface area (Å²) in [5, 5.41) is 19.2. The van der Waals surface area contributed by atoms with E-state index in [9.17, 15) is 19.8 Å². The molecule has 0 aromatic heterocycles. The van der Waals surface area contributed by atoms with Gasteiger partial charge < -0.3 is 10.2 Å². The maximum atomic E-state index is 12.3. The largest absolute Gasteiger partial charge is 0.506 e. The SMILES string of the molecule is CC1C(=Nc2ccc(O)c(Cl)c2)C(=O)CC(=O)C1=Nc1ccc(O)c(Cl)c1. The Morgan fingerprint density at radius 2 is 1.26 bits per heavy atom. The molecule has 0 spiro atoms. The molecule has 0 bridgehead atoms. The minimum absolute atomic E-state index is 0.0923. The number of hydrogen-bond acceptors (Lipinski definition) is 6. The van der Waals surface area contributed by atoms with Crippen molar-refractivity contribution in [3.8, 4) is 11.5 Å². The Morgan fingerprint density at radius 1 is 0.852 bits per heavy atom. The van der Waals surface area contributed by atoms with Gasteiger partial charge in [-0.05, 0) is 36.4 Å². The summed E-state index contributed by atoms with van der Waals surface area (Å²) in [6.45, 7) is 1.66. The van der Waals surface area contributed by atoms with Gasteiger partial charge in [-0.2, -0.15) is 0 Å². The summed E-state index contributed by atoms with van der Waals surface area (Å²) >= 11 is 11.8. The highest BCUT2D eigenvalue weighted by Gasteiger charge is 2.35. The third-order valence-electron chi connectivity index (χ3n) is 4.07. The first-order valence-corrected chi connectivity index (χ1v) is 8.72. The molecule has 0 heterocycles. The Morgan fingerprint density at radius 3 is 1.63 bits per heavy atom. The molecule has 0 saturated heterocycles. The molecule has 2 N–H and O–H groups in total. The molecule has 3 rings (SSSR count). The smallest absolute Gasteiger partial charge is 0.185 e. The van der Waals surface area contributed by atoms with Crippen LogP contribution in [0.15, 0.2) is 46.4 Å². The molecular weight excluding hydrogens is 391 g/mol. The molecule has 2 aromatic carbocycles. The lowest BCUT2D eigenvalue weighted by atomic mass is 9.84. The van der Waals surface area contributed by atoms with Crippen LogP contribution >= 0.6 is 23.2 Å². The van der Waals surface area contributed by atoms with Crippen molar-refractivity contribution in [2.24, 2.45) is 15.9 Å². The van der Waals surface area contributed by atoms with Gasteiger partial charge in [-0.3, -0.25) is 9.59 Å². The summed E-state index contributed by atoms with van der Waals surface area (Å²) in [6.07, 6.45) is -0.334. The van der Waals surface area contributed by atoms with Gasteiger partial charge in [0.05, 0.1) is 39.3 Å². The minimum atomic E-state index is -0.640. The normalized spacial score (nSPS) is 20.5. The third-order valence-corrected chi connectivity index (χ3v) is 4.68. The number of aliphatic imine (C=N–C) groups is 2. The number of phenols is 2. The molecule has 0 aliphatic heterocycles. The average molecular weight is 405 g/mol. The lowest BCUT2D eigenvalue weighted by Crippen LogP contribution is -2.40. The summed E-state index contributed by atoms with van der Waals surface area (Å²) in [7, 11) is 0. The Balaban J connectivity index is 2.01. The van der Waals surface area contributed by atoms with Crippen molar-refractivity contribution in [2.75, 3.05) is 0 Å². The molecule has 1 saturated carbocycles. The maximum Gasteiger partial charge on any atom is 0.185 e. The van der Waals surface area contributed by atoms with E-state index >= 15 is 0 Å². The summed E-state index contributed by atoms with van der Waals surface area (Å²) in [6, 6.07) is 8.63. The first-order valence-electron chi connectivity index (χ1n) is 7.97. The number of Topliss-reactive ketones (excluding diaryl/α,β-unsaturated/α-hetero) is 2. The molecule has 0 unspecified atom stereocenters. The van der Waals surface area contributed by atoms with E-state index in [0.29, 0.717) is 11.4 Å². The molecule has 27 heavy (non-hydrogen) atoms. The van der Waals surface area contributed by atoms with E-state index in [2.05, 4.69) is 9.98 Å². The molecule has 138 valence electrons. The second-order valence-corrected chi connectivity index (χ2v) is 6.82. The first kappa shape index (κ1) is 19.1. The molecule has 1 fully saturated rings. The van der Waals surface area contributed by atoms with Gasteiger partial charge in [0.2, 0.25) is 0 Å². The van der Waals surface area contributed by atoms with Crippen LogP contribution in [0.1, 0.15) is 13.3 Å². The summed E-state index contributed by atoms with van der Waals surface area (Å²) in [5.74, 6) is -1.60. The number of phenolic OH excluding ortho intramolecular Hbond substituents is 2. The summed E-state index contributed by atoms with van der Waals surface area (Å²) in [5.41, 5.74) is 1.13. The van der Waals surface area contributed by atoms with Crippen LogP contribution in [0.4, 0.5) is 11.4 Å². The van der Waals surface area contributed by atoms with Crippen molar-refractivity contribution in [1.29, 1.82) is 0 Å². The van der Waals surface area contributed by atoms with Gasteiger partial charge in [-0.25, -0.2) is 9.98 Å². The summed E-state index contributed by atoms with van der Waals surface area (Å²) < 4.78 is 0. The van der Waals surface area contributed by atoms with Crippen molar-refractivity contribution in [2.45, 2.75) is 13.3 Å². The second-order valence-electron chi connectivity index (χ2n) is 6.01. The molecule has 1 aliphatic rings. The zero-order valence-electron chi connectivity index (χ0n) is 14.1. The van der Waals surface area contributed by atoms with Crippen molar-refractivity contribution in [3.63, 3.8) is 0 Å². The van der Waals surface area contributed by atoms with Crippen LogP contribution in [0.2, 0.25) is 10.0 Å². The number of halogens is 2. The monoisotopic (exact) mass is 404 g/mol. The number of benzene rings is 2. The second kappa shape index (κ2) is 7.50. The van der Waals surface area contributed by atoms with E-state index in [-0.39, 0.29) is 51.0 Å². The predicted molar refractivity (Wildman–Crippen MR) is 104 cm³/mol. The van der Waals surface area contributed by atoms with Crippen molar-refractivity contribution in [3.05, 3.63) is 46.4 Å². The third kappa shape index (κ3) is 4.02. The fourth-order valence-corrected chi connectivity index (χ4v) is 3.02. The van der Waals surface area contributed by atoms with E-state index < -0.39 is 5.92 Å². The first-order chi connectivity index (χ1) is 12.8. The molecule has 8 heteroatoms. The van der Waals surface area contributed by atoms with Crippen LogP contribution in [0.25, 0.3) is 0 Å². The standard InChI is InChI=1S/C19H14Cl2N2O4/c1-9-18(22-10-2-4-14(24)12(20)6-10)16(26)8-17(27)19(9)23-11-3-5-15(25)13(21)7-11/h2-7,9,24-25H,8H2,1H3. The number of carbonyl (C=O) groups is 2. The Kier molecular flexibility index (Phi) is 5.30. The zero-order valence-corrected chi connectivity index (χ0v) is 15.6. The van der Waals surface area contributed by atoms with Gasteiger partial charge in [0.15, 0.2) is 11.6 Å². The van der Waals surface area contributed by atoms with Crippen LogP contribution < -0.4 is 0 Å². The minimum Gasteiger partial charge on any atom is -0.506 e. The molecule has 0 atom stereocenters. The highest BCUT2D eigenvalue weighted by molar-refractivity contribution is 6.62. The van der Waals surface area contributed by atoms with E-state index in [1.165, 1.54) is 36.4 Å². The number of carbonyl (C=O) groups excluding carboxylic acids is 2. The number of nitrogens with zero attached hydrogens (tertiary/aromatic N) is 2. The average Bonchev–Trinajstić information content (AvgIpc) is 2.61. The Bertz CT molecular complexity index is 935. The quantitative estimate of drug-likeness (QED) is 0.722. The van der Waals surface area contributed by atoms with E-state index in [4.69, 9.17) is 23.2 Å². The Hall–Kier alpha value is -2.70. The lowest BCUT2D eigenvalue weighted by Gasteiger charge is -2.21. The van der Waals surface area contributed by atoms with Gasteiger partial charge >= 0.3 is 0 Å². The predicted octanol–water partition coefficient (Wildman–Crippen LogP) is 4.43. The number of ketones is 2. The number of hydrogen-bond donors (Lipinski definition) is 2. The van der Waals surface area contributed by atoms with Crippen LogP contribution in [0.3, 0.4) is 0 Å². The van der Waals surface area contributed by atoms with Gasteiger partial charge in [0, 0.05) is 5.92 Å². The Labute approximate surface area is 164 Å². The van der Waals surface area contributed by atoms with Crippen LogP contribution in [-0.2, 0) is 9.59 Å². The number of rotatable bonds is 2. The lowest BCUT2D eigenvalue weighted by molar-refractivity contribution is -0.120. The van der Waals surface area contributed by atoms with Gasteiger partial charge in [0.1, 0.15) is 11.5 Å².